The van der Waals surface area contributed by atoms with Crippen LogP contribution >= 0.6 is 22.9 Å². The number of thiophene rings is 1. The molecule has 0 spiro atoms. The summed E-state index contributed by atoms with van der Waals surface area (Å²) in [5, 5.41) is 5.42. The van der Waals surface area contributed by atoms with Crippen LogP contribution in [0.4, 0.5) is 5.69 Å². The van der Waals surface area contributed by atoms with Crippen LogP contribution in [-0.2, 0) is 6.61 Å². The van der Waals surface area contributed by atoms with E-state index in [1.54, 1.807) is 0 Å². The van der Waals surface area contributed by atoms with E-state index >= 15 is 0 Å². The first kappa shape index (κ1) is 17.5. The van der Waals surface area contributed by atoms with E-state index in [4.69, 9.17) is 16.3 Å². The summed E-state index contributed by atoms with van der Waals surface area (Å²) in [6.07, 6.45) is 0. The zero-order chi connectivity index (χ0) is 17.8. The molecule has 0 saturated heterocycles. The van der Waals surface area contributed by atoms with Crippen molar-refractivity contribution >= 4 is 34.5 Å². The van der Waals surface area contributed by atoms with Crippen molar-refractivity contribution in [3.63, 3.8) is 0 Å². The number of carbonyl (C=O) groups excluding carboxylic acids is 1. The van der Waals surface area contributed by atoms with Gasteiger partial charge in [0.2, 0.25) is 0 Å². The van der Waals surface area contributed by atoms with Crippen molar-refractivity contribution in [3.05, 3.63) is 80.5 Å². The highest BCUT2D eigenvalue weighted by Gasteiger charge is 2.11. The van der Waals surface area contributed by atoms with E-state index in [1.165, 1.54) is 11.3 Å². The molecule has 128 valence electrons. The molecule has 0 bridgehead atoms. The highest BCUT2D eigenvalue weighted by atomic mass is 35.5. The van der Waals surface area contributed by atoms with E-state index < -0.39 is 0 Å². The fourth-order valence-corrected chi connectivity index (χ4v) is 3.33. The van der Waals surface area contributed by atoms with Crippen LogP contribution in [0.15, 0.2) is 53.9 Å². The normalized spacial score (nSPS) is 10.5. The number of carbonyl (C=O) groups is 1. The molecule has 2 aromatic carbocycles. The second-order valence-electron chi connectivity index (χ2n) is 5.87. The summed E-state index contributed by atoms with van der Waals surface area (Å²) in [5.74, 6) is 0.536. The number of benzene rings is 2. The fraction of sp³-hybridized carbons (Fsp3) is 0.150. The summed E-state index contributed by atoms with van der Waals surface area (Å²) in [6.45, 7) is 4.35. The first-order valence-corrected chi connectivity index (χ1v) is 9.11. The first-order valence-electron chi connectivity index (χ1n) is 7.85. The molecule has 5 heteroatoms. The van der Waals surface area contributed by atoms with Crippen LogP contribution in [0.2, 0.25) is 5.02 Å². The molecule has 0 saturated carbocycles. The minimum absolute atomic E-state index is 0.115. The van der Waals surface area contributed by atoms with Gasteiger partial charge in [0.25, 0.3) is 5.91 Å². The maximum Gasteiger partial charge on any atom is 0.265 e. The van der Waals surface area contributed by atoms with Crippen LogP contribution in [0.1, 0.15) is 26.4 Å². The van der Waals surface area contributed by atoms with Crippen LogP contribution in [0.3, 0.4) is 0 Å². The van der Waals surface area contributed by atoms with E-state index in [0.29, 0.717) is 22.3 Å². The lowest BCUT2D eigenvalue weighted by molar-refractivity contribution is 0.103. The number of nitrogens with one attached hydrogen (secondary N) is 1. The molecule has 0 aliphatic carbocycles. The number of ether oxygens (including phenoxy) is 1. The van der Waals surface area contributed by atoms with Crippen LogP contribution in [0, 0.1) is 13.8 Å². The molecule has 3 rings (SSSR count). The second-order valence-corrected chi connectivity index (χ2v) is 7.18. The summed E-state index contributed by atoms with van der Waals surface area (Å²) in [5.41, 5.74) is 3.93. The predicted octanol–water partition coefficient (Wildman–Crippen LogP) is 5.85. The standard InChI is InChI=1S/C20H18ClNO2S/c1-13-4-3-5-16(8-13)22-20(23)19-10-15(12-25-19)11-24-18-9-14(2)6-7-17(18)21/h3-10,12H,11H2,1-2H3,(H,22,23). The van der Waals surface area contributed by atoms with E-state index in [-0.39, 0.29) is 5.91 Å². The van der Waals surface area contributed by atoms with Gasteiger partial charge >= 0.3 is 0 Å². The third kappa shape index (κ3) is 4.62. The molecule has 1 heterocycles. The van der Waals surface area contributed by atoms with Gasteiger partial charge in [-0.1, -0.05) is 29.8 Å². The molecule has 0 aliphatic heterocycles. The lowest BCUT2D eigenvalue weighted by atomic mass is 10.2. The Hall–Kier alpha value is -2.30. The maximum atomic E-state index is 12.3. The number of hydrogen-bond acceptors (Lipinski definition) is 3. The van der Waals surface area contributed by atoms with Gasteiger partial charge in [0.1, 0.15) is 12.4 Å². The molecular formula is C20H18ClNO2S. The van der Waals surface area contributed by atoms with Crippen molar-refractivity contribution in [2.45, 2.75) is 20.5 Å². The molecule has 1 amide bonds. The third-order valence-corrected chi connectivity index (χ3v) is 4.92. The summed E-state index contributed by atoms with van der Waals surface area (Å²) in [4.78, 5) is 13.0. The van der Waals surface area contributed by atoms with Gasteiger partial charge in [0.15, 0.2) is 0 Å². The second kappa shape index (κ2) is 7.72. The monoisotopic (exact) mass is 371 g/mol. The molecule has 0 unspecified atom stereocenters. The zero-order valence-corrected chi connectivity index (χ0v) is 15.6. The molecule has 3 nitrogen and oxygen atoms in total. The zero-order valence-electron chi connectivity index (χ0n) is 14.0. The van der Waals surface area contributed by atoms with Gasteiger partial charge in [0.05, 0.1) is 9.90 Å². The Balaban J connectivity index is 1.63. The van der Waals surface area contributed by atoms with Crippen LogP contribution in [0.5, 0.6) is 5.75 Å². The fourth-order valence-electron chi connectivity index (χ4n) is 2.37. The SMILES string of the molecule is Cc1cccc(NC(=O)c2cc(COc3cc(C)ccc3Cl)cs2)c1. The van der Waals surface area contributed by atoms with Gasteiger partial charge in [-0.15, -0.1) is 11.3 Å². The minimum atomic E-state index is -0.115. The van der Waals surface area contributed by atoms with Crippen LogP contribution in [-0.4, -0.2) is 5.91 Å². The molecular weight excluding hydrogens is 354 g/mol. The quantitative estimate of drug-likeness (QED) is 0.610. The van der Waals surface area contributed by atoms with Gasteiger partial charge in [0, 0.05) is 11.3 Å². The molecule has 1 N–H and O–H groups in total. The Morgan fingerprint density at radius 3 is 2.72 bits per heavy atom. The first-order chi connectivity index (χ1) is 12.0. The van der Waals surface area contributed by atoms with Crippen molar-refractivity contribution in [3.8, 4) is 5.75 Å². The summed E-state index contributed by atoms with van der Waals surface area (Å²) in [6, 6.07) is 15.2. The minimum Gasteiger partial charge on any atom is -0.487 e. The number of hydrogen-bond donors (Lipinski definition) is 1. The third-order valence-electron chi connectivity index (χ3n) is 3.63. The smallest absolute Gasteiger partial charge is 0.265 e. The molecule has 25 heavy (non-hydrogen) atoms. The molecule has 0 atom stereocenters. The number of aryl methyl sites for hydroxylation is 2. The van der Waals surface area contributed by atoms with Crippen molar-refractivity contribution in [1.29, 1.82) is 0 Å². The average Bonchev–Trinajstić information content (AvgIpc) is 3.05. The Kier molecular flexibility index (Phi) is 5.41. The number of amides is 1. The molecule has 0 radical (unpaired) electrons. The molecule has 1 aromatic heterocycles. The molecule has 3 aromatic rings. The van der Waals surface area contributed by atoms with Gasteiger partial charge < -0.3 is 10.1 Å². The summed E-state index contributed by atoms with van der Waals surface area (Å²) >= 11 is 7.53. The molecule has 0 fully saturated rings. The number of anilines is 1. The number of rotatable bonds is 5. The highest BCUT2D eigenvalue weighted by Crippen LogP contribution is 2.27. The van der Waals surface area contributed by atoms with E-state index in [2.05, 4.69) is 5.32 Å². The Morgan fingerprint density at radius 1 is 1.12 bits per heavy atom. The predicted molar refractivity (Wildman–Crippen MR) is 104 cm³/mol. The van der Waals surface area contributed by atoms with Crippen molar-refractivity contribution in [1.82, 2.24) is 0 Å². The Bertz CT molecular complexity index is 904. The van der Waals surface area contributed by atoms with Gasteiger partial charge in [-0.05, 0) is 60.7 Å². The largest absolute Gasteiger partial charge is 0.487 e. The average molecular weight is 372 g/mol. The summed E-state index contributed by atoms with van der Waals surface area (Å²) < 4.78 is 5.77. The maximum absolute atomic E-state index is 12.3. The van der Waals surface area contributed by atoms with E-state index in [0.717, 1.165) is 22.4 Å². The Labute approximate surface area is 156 Å². The highest BCUT2D eigenvalue weighted by molar-refractivity contribution is 7.12. The lowest BCUT2D eigenvalue weighted by Gasteiger charge is -2.07. The van der Waals surface area contributed by atoms with Crippen molar-refractivity contribution in [2.24, 2.45) is 0 Å². The summed E-state index contributed by atoms with van der Waals surface area (Å²) in [7, 11) is 0. The number of halogens is 1. The van der Waals surface area contributed by atoms with Gasteiger partial charge in [-0.3, -0.25) is 4.79 Å². The van der Waals surface area contributed by atoms with Crippen LogP contribution < -0.4 is 10.1 Å². The van der Waals surface area contributed by atoms with E-state index in [9.17, 15) is 4.79 Å². The topological polar surface area (TPSA) is 38.3 Å². The van der Waals surface area contributed by atoms with Crippen molar-refractivity contribution in [2.75, 3.05) is 5.32 Å². The van der Waals surface area contributed by atoms with Gasteiger partial charge in [-0.2, -0.15) is 0 Å². The van der Waals surface area contributed by atoms with Crippen molar-refractivity contribution < 1.29 is 9.53 Å². The Morgan fingerprint density at radius 2 is 1.92 bits per heavy atom. The van der Waals surface area contributed by atoms with Crippen LogP contribution in [0.25, 0.3) is 0 Å². The molecule has 0 aliphatic rings. The van der Waals surface area contributed by atoms with Gasteiger partial charge in [-0.25, -0.2) is 0 Å². The van der Waals surface area contributed by atoms with E-state index in [1.807, 2.05) is 67.8 Å². The lowest BCUT2D eigenvalue weighted by Crippen LogP contribution is -2.10.